The number of urea groups is 1. The summed E-state index contributed by atoms with van der Waals surface area (Å²) in [7, 11) is 0. The van der Waals surface area contributed by atoms with Crippen molar-refractivity contribution in [2.75, 3.05) is 12.3 Å². The normalized spacial score (nSPS) is 16.4. The van der Waals surface area contributed by atoms with Crippen LogP contribution in [0.4, 0.5) is 4.79 Å². The van der Waals surface area contributed by atoms with Gasteiger partial charge in [0.25, 0.3) is 0 Å². The van der Waals surface area contributed by atoms with Crippen molar-refractivity contribution in [2.24, 2.45) is 0 Å². The number of unbranched alkanes of at least 4 members (excludes halogenated alkanes) is 1. The molecule has 1 N–H and O–H groups in total. The van der Waals surface area contributed by atoms with E-state index in [0.29, 0.717) is 13.0 Å². The summed E-state index contributed by atoms with van der Waals surface area (Å²) in [5.41, 5.74) is 0. The molecule has 0 atom stereocenters. The highest BCUT2D eigenvalue weighted by molar-refractivity contribution is 7.98. The van der Waals surface area contributed by atoms with Gasteiger partial charge in [-0.1, -0.05) is 13.3 Å². The van der Waals surface area contributed by atoms with Crippen molar-refractivity contribution in [1.82, 2.24) is 9.62 Å². The third-order valence-corrected chi connectivity index (χ3v) is 2.77. The molecule has 0 aromatic rings. The van der Waals surface area contributed by atoms with E-state index < -0.39 is 0 Å². The molecule has 0 unspecified atom stereocenters. The third kappa shape index (κ3) is 2.91. The van der Waals surface area contributed by atoms with E-state index in [9.17, 15) is 9.59 Å². The van der Waals surface area contributed by atoms with Gasteiger partial charge in [-0.3, -0.25) is 4.79 Å². The molecule has 1 saturated heterocycles. The van der Waals surface area contributed by atoms with Crippen LogP contribution >= 0.6 is 11.9 Å². The Balaban J connectivity index is 2.26. The van der Waals surface area contributed by atoms with E-state index >= 15 is 0 Å². The Hall–Kier alpha value is -0.710. The van der Waals surface area contributed by atoms with Gasteiger partial charge in [0.2, 0.25) is 5.91 Å². The van der Waals surface area contributed by atoms with Gasteiger partial charge in [-0.05, 0) is 18.4 Å². The SMILES string of the molecule is CCCCNC(=O)N1SCCC1=O. The Morgan fingerprint density at radius 2 is 2.46 bits per heavy atom. The predicted octanol–water partition coefficient (Wildman–Crippen LogP) is 1.38. The molecule has 1 aliphatic rings. The van der Waals surface area contributed by atoms with Crippen LogP contribution < -0.4 is 5.32 Å². The predicted molar refractivity (Wildman–Crippen MR) is 52.2 cm³/mol. The van der Waals surface area contributed by atoms with Gasteiger partial charge < -0.3 is 5.32 Å². The Kier molecular flexibility index (Phi) is 4.08. The van der Waals surface area contributed by atoms with Gasteiger partial charge in [0.1, 0.15) is 0 Å². The van der Waals surface area contributed by atoms with Crippen LogP contribution in [0, 0.1) is 0 Å². The van der Waals surface area contributed by atoms with Gasteiger partial charge in [-0.2, -0.15) is 0 Å². The van der Waals surface area contributed by atoms with Crippen LogP contribution in [0.1, 0.15) is 26.2 Å². The van der Waals surface area contributed by atoms with Crippen LogP contribution in [0.15, 0.2) is 0 Å². The molecule has 0 aromatic heterocycles. The maximum absolute atomic E-state index is 11.3. The van der Waals surface area contributed by atoms with Crippen molar-refractivity contribution in [3.05, 3.63) is 0 Å². The van der Waals surface area contributed by atoms with E-state index in [2.05, 4.69) is 12.2 Å². The second-order valence-corrected chi connectivity index (χ2v) is 3.89. The van der Waals surface area contributed by atoms with Crippen molar-refractivity contribution >= 4 is 23.9 Å². The Morgan fingerprint density at radius 1 is 1.69 bits per heavy atom. The highest BCUT2D eigenvalue weighted by Crippen LogP contribution is 2.20. The minimum atomic E-state index is -0.263. The zero-order valence-electron chi connectivity index (χ0n) is 7.71. The van der Waals surface area contributed by atoms with Gasteiger partial charge in [0.05, 0.1) is 0 Å². The highest BCUT2D eigenvalue weighted by Gasteiger charge is 2.27. The average Bonchev–Trinajstić information content (AvgIpc) is 2.52. The first-order chi connectivity index (χ1) is 6.25. The largest absolute Gasteiger partial charge is 0.337 e. The first-order valence-corrected chi connectivity index (χ1v) is 5.43. The monoisotopic (exact) mass is 202 g/mol. The van der Waals surface area contributed by atoms with Gasteiger partial charge in [-0.25, -0.2) is 9.10 Å². The quantitative estimate of drug-likeness (QED) is 0.555. The first-order valence-electron chi connectivity index (χ1n) is 4.49. The summed E-state index contributed by atoms with van der Waals surface area (Å²) in [6.07, 6.45) is 2.48. The Bertz CT molecular complexity index is 208. The number of hydrogen-bond acceptors (Lipinski definition) is 3. The van der Waals surface area contributed by atoms with Crippen LogP contribution in [0.2, 0.25) is 0 Å². The molecule has 74 valence electrons. The van der Waals surface area contributed by atoms with E-state index in [-0.39, 0.29) is 11.9 Å². The fraction of sp³-hybridized carbons (Fsp3) is 0.750. The lowest BCUT2D eigenvalue weighted by Crippen LogP contribution is -2.37. The number of rotatable bonds is 3. The molecule has 1 rings (SSSR count). The average molecular weight is 202 g/mol. The molecule has 1 aliphatic heterocycles. The van der Waals surface area contributed by atoms with Crippen LogP contribution in [0.3, 0.4) is 0 Å². The van der Waals surface area contributed by atoms with Crippen LogP contribution in [0.5, 0.6) is 0 Å². The number of nitrogens with zero attached hydrogens (tertiary/aromatic N) is 1. The van der Waals surface area contributed by atoms with Crippen LogP contribution in [-0.2, 0) is 4.79 Å². The molecular formula is C8H14N2O2S. The second kappa shape index (κ2) is 5.11. The minimum absolute atomic E-state index is 0.0843. The first kappa shape index (κ1) is 10.4. The molecule has 13 heavy (non-hydrogen) atoms. The van der Waals surface area contributed by atoms with Crippen LogP contribution in [-0.4, -0.2) is 28.5 Å². The summed E-state index contributed by atoms with van der Waals surface area (Å²) in [5.74, 6) is 0.638. The summed E-state index contributed by atoms with van der Waals surface area (Å²) in [6.45, 7) is 2.71. The standard InChI is InChI=1S/C8H14N2O2S/c1-2-3-5-9-8(12)10-7(11)4-6-13-10/h2-6H2,1H3,(H,9,12). The lowest BCUT2D eigenvalue weighted by molar-refractivity contribution is -0.123. The fourth-order valence-corrected chi connectivity index (χ4v) is 1.88. The maximum Gasteiger partial charge on any atom is 0.334 e. The zero-order chi connectivity index (χ0) is 9.68. The summed E-state index contributed by atoms with van der Waals surface area (Å²) in [4.78, 5) is 22.4. The molecule has 5 heteroatoms. The summed E-state index contributed by atoms with van der Waals surface area (Å²) in [5, 5.41) is 2.70. The summed E-state index contributed by atoms with van der Waals surface area (Å²) in [6, 6.07) is -0.263. The molecule has 0 spiro atoms. The molecule has 3 amide bonds. The molecule has 1 fully saturated rings. The highest BCUT2D eigenvalue weighted by atomic mass is 32.2. The molecule has 0 saturated carbocycles. The lowest BCUT2D eigenvalue weighted by Gasteiger charge is -2.12. The second-order valence-electron chi connectivity index (χ2n) is 2.86. The molecule has 0 aliphatic carbocycles. The fourth-order valence-electron chi connectivity index (χ4n) is 1.01. The van der Waals surface area contributed by atoms with Crippen molar-refractivity contribution in [3.63, 3.8) is 0 Å². The number of amides is 3. The Labute approximate surface area is 82.2 Å². The summed E-state index contributed by atoms with van der Waals surface area (Å²) >= 11 is 1.29. The summed E-state index contributed by atoms with van der Waals surface area (Å²) < 4.78 is 1.22. The van der Waals surface area contributed by atoms with E-state index in [0.717, 1.165) is 18.6 Å². The topological polar surface area (TPSA) is 49.4 Å². The number of nitrogens with one attached hydrogen (secondary N) is 1. The van der Waals surface area contributed by atoms with Crippen molar-refractivity contribution in [2.45, 2.75) is 26.2 Å². The number of carbonyl (C=O) groups excluding carboxylic acids is 2. The van der Waals surface area contributed by atoms with Crippen molar-refractivity contribution in [3.8, 4) is 0 Å². The molecule has 4 nitrogen and oxygen atoms in total. The van der Waals surface area contributed by atoms with Crippen molar-refractivity contribution < 1.29 is 9.59 Å². The number of hydrogen-bond donors (Lipinski definition) is 1. The molecular weight excluding hydrogens is 188 g/mol. The van der Waals surface area contributed by atoms with Gasteiger partial charge in [0.15, 0.2) is 0 Å². The minimum Gasteiger partial charge on any atom is -0.337 e. The van der Waals surface area contributed by atoms with Gasteiger partial charge in [0, 0.05) is 18.7 Å². The number of imide groups is 1. The Morgan fingerprint density at radius 3 is 3.00 bits per heavy atom. The van der Waals surface area contributed by atoms with Gasteiger partial charge in [-0.15, -0.1) is 0 Å². The van der Waals surface area contributed by atoms with E-state index in [4.69, 9.17) is 0 Å². The smallest absolute Gasteiger partial charge is 0.334 e. The van der Waals surface area contributed by atoms with Crippen molar-refractivity contribution in [1.29, 1.82) is 0 Å². The molecule has 0 aromatic carbocycles. The lowest BCUT2D eigenvalue weighted by atomic mass is 10.3. The zero-order valence-corrected chi connectivity index (χ0v) is 8.52. The van der Waals surface area contributed by atoms with E-state index in [1.807, 2.05) is 0 Å². The van der Waals surface area contributed by atoms with E-state index in [1.165, 1.54) is 16.3 Å². The maximum atomic E-state index is 11.3. The molecule has 0 radical (unpaired) electrons. The van der Waals surface area contributed by atoms with E-state index in [1.54, 1.807) is 0 Å². The third-order valence-electron chi connectivity index (χ3n) is 1.75. The molecule has 1 heterocycles. The van der Waals surface area contributed by atoms with Crippen LogP contribution in [0.25, 0.3) is 0 Å². The van der Waals surface area contributed by atoms with Gasteiger partial charge >= 0.3 is 6.03 Å². The number of carbonyl (C=O) groups is 2. The molecule has 0 bridgehead atoms.